The summed E-state index contributed by atoms with van der Waals surface area (Å²) in [6, 6.07) is 1.75. The number of nitrogens with one attached hydrogen (secondary N) is 1. The van der Waals surface area contributed by atoms with Gasteiger partial charge >= 0.3 is 0 Å². The lowest BCUT2D eigenvalue weighted by Gasteiger charge is -2.35. The fourth-order valence-corrected chi connectivity index (χ4v) is 2.70. The van der Waals surface area contributed by atoms with Gasteiger partial charge in [0.2, 0.25) is 0 Å². The summed E-state index contributed by atoms with van der Waals surface area (Å²) in [5.41, 5.74) is 0. The minimum Gasteiger partial charge on any atom is -0.372 e. The summed E-state index contributed by atoms with van der Waals surface area (Å²) < 4.78 is 0. The Morgan fingerprint density at radius 3 is 2.44 bits per heavy atom. The van der Waals surface area contributed by atoms with Gasteiger partial charge < -0.3 is 15.1 Å². The van der Waals surface area contributed by atoms with E-state index in [1.54, 1.807) is 13.1 Å². The highest BCUT2D eigenvalue weighted by Crippen LogP contribution is 2.31. The highest BCUT2D eigenvalue weighted by atomic mass is 35.5. The molecule has 1 aliphatic rings. The van der Waals surface area contributed by atoms with Crippen molar-refractivity contribution in [2.24, 2.45) is 0 Å². The first-order valence-corrected chi connectivity index (χ1v) is 6.92. The van der Waals surface area contributed by atoms with Gasteiger partial charge in [-0.25, -0.2) is 4.98 Å². The second-order valence-corrected chi connectivity index (χ2v) is 5.11. The molecule has 2 rings (SSSR count). The summed E-state index contributed by atoms with van der Waals surface area (Å²) in [5, 5.41) is 4.15. The molecule has 0 amide bonds. The van der Waals surface area contributed by atoms with Crippen molar-refractivity contribution in [2.75, 3.05) is 50.0 Å². The van der Waals surface area contributed by atoms with Gasteiger partial charge in [0, 0.05) is 33.2 Å². The molecular formula is C12H18Cl2N4. The Bertz CT molecular complexity index is 417. The average molecular weight is 289 g/mol. The maximum atomic E-state index is 6.23. The van der Waals surface area contributed by atoms with Crippen molar-refractivity contribution in [3.05, 3.63) is 16.1 Å². The predicted molar refractivity (Wildman–Crippen MR) is 78.1 cm³/mol. The van der Waals surface area contributed by atoms with Crippen LogP contribution in [0.2, 0.25) is 10.0 Å². The first-order chi connectivity index (χ1) is 8.65. The molecule has 1 aromatic rings. The van der Waals surface area contributed by atoms with Crippen LogP contribution >= 0.6 is 23.2 Å². The van der Waals surface area contributed by atoms with E-state index in [0.717, 1.165) is 38.5 Å². The molecule has 100 valence electrons. The van der Waals surface area contributed by atoms with E-state index in [4.69, 9.17) is 23.2 Å². The number of piperazine rings is 1. The van der Waals surface area contributed by atoms with Crippen LogP contribution in [0.5, 0.6) is 0 Å². The second-order valence-electron chi connectivity index (χ2n) is 4.30. The van der Waals surface area contributed by atoms with Gasteiger partial charge in [0.15, 0.2) is 0 Å². The normalized spacial score (nSPS) is 17.0. The molecule has 0 bridgehead atoms. The zero-order valence-corrected chi connectivity index (χ0v) is 12.2. The van der Waals surface area contributed by atoms with Crippen LogP contribution in [0.25, 0.3) is 0 Å². The third kappa shape index (κ3) is 2.82. The van der Waals surface area contributed by atoms with Crippen LogP contribution in [0.3, 0.4) is 0 Å². The SMILES string of the molecule is CCN1CCN(c2nc(NC)c(Cl)cc2Cl)CC1. The summed E-state index contributed by atoms with van der Waals surface area (Å²) in [6.07, 6.45) is 0. The maximum absolute atomic E-state index is 6.23. The lowest BCUT2D eigenvalue weighted by Crippen LogP contribution is -2.46. The average Bonchev–Trinajstić information content (AvgIpc) is 2.39. The second kappa shape index (κ2) is 5.95. The Hall–Kier alpha value is -0.710. The molecule has 0 aromatic carbocycles. The third-order valence-electron chi connectivity index (χ3n) is 3.27. The molecule has 4 nitrogen and oxygen atoms in total. The van der Waals surface area contributed by atoms with Crippen LogP contribution in [0.1, 0.15) is 6.92 Å². The zero-order chi connectivity index (χ0) is 13.1. The van der Waals surface area contributed by atoms with E-state index in [2.05, 4.69) is 27.0 Å². The van der Waals surface area contributed by atoms with Crippen molar-refractivity contribution in [3.63, 3.8) is 0 Å². The smallest absolute Gasteiger partial charge is 0.150 e. The van der Waals surface area contributed by atoms with Gasteiger partial charge in [-0.15, -0.1) is 0 Å². The van der Waals surface area contributed by atoms with E-state index in [9.17, 15) is 0 Å². The predicted octanol–water partition coefficient (Wildman–Crippen LogP) is 2.57. The summed E-state index contributed by atoms with van der Waals surface area (Å²) in [6.45, 7) is 7.27. The van der Waals surface area contributed by atoms with Gasteiger partial charge in [-0.1, -0.05) is 30.1 Å². The van der Waals surface area contributed by atoms with Gasteiger partial charge in [0.1, 0.15) is 11.6 Å². The summed E-state index contributed by atoms with van der Waals surface area (Å²) in [7, 11) is 1.81. The molecule has 18 heavy (non-hydrogen) atoms. The molecule has 1 fully saturated rings. The van der Waals surface area contributed by atoms with Crippen molar-refractivity contribution in [1.29, 1.82) is 0 Å². The molecule has 0 saturated carbocycles. The molecule has 0 spiro atoms. The van der Waals surface area contributed by atoms with Crippen molar-refractivity contribution < 1.29 is 0 Å². The van der Waals surface area contributed by atoms with E-state index in [1.165, 1.54) is 0 Å². The fraction of sp³-hybridized carbons (Fsp3) is 0.583. The largest absolute Gasteiger partial charge is 0.372 e. The van der Waals surface area contributed by atoms with Gasteiger partial charge in [-0.05, 0) is 12.6 Å². The number of hydrogen-bond acceptors (Lipinski definition) is 4. The molecule has 2 heterocycles. The first kappa shape index (κ1) is 13.7. The Kier molecular flexibility index (Phi) is 4.54. The molecule has 6 heteroatoms. The Morgan fingerprint density at radius 2 is 1.89 bits per heavy atom. The monoisotopic (exact) mass is 288 g/mol. The molecule has 1 N–H and O–H groups in total. The Labute approximate surface area is 118 Å². The topological polar surface area (TPSA) is 31.4 Å². The van der Waals surface area contributed by atoms with Crippen LogP contribution in [0.4, 0.5) is 11.6 Å². The highest BCUT2D eigenvalue weighted by Gasteiger charge is 2.20. The number of anilines is 2. The number of halogens is 2. The van der Waals surface area contributed by atoms with Crippen LogP contribution in [0.15, 0.2) is 6.07 Å². The summed E-state index contributed by atoms with van der Waals surface area (Å²) >= 11 is 12.3. The summed E-state index contributed by atoms with van der Waals surface area (Å²) in [4.78, 5) is 9.13. The number of rotatable bonds is 3. The van der Waals surface area contributed by atoms with Crippen molar-refractivity contribution in [1.82, 2.24) is 9.88 Å². The molecular weight excluding hydrogens is 271 g/mol. The zero-order valence-electron chi connectivity index (χ0n) is 10.7. The van der Waals surface area contributed by atoms with E-state index < -0.39 is 0 Å². The minimum atomic E-state index is 0.554. The molecule has 0 unspecified atom stereocenters. The quantitative estimate of drug-likeness (QED) is 0.926. The standard InChI is InChI=1S/C12H18Cl2N4/c1-3-17-4-6-18(7-5-17)12-10(14)8-9(13)11(15-2)16-12/h8H,3-7H2,1-2H3,(H,15,16). The lowest BCUT2D eigenvalue weighted by molar-refractivity contribution is 0.270. The van der Waals surface area contributed by atoms with Gasteiger partial charge in [-0.3, -0.25) is 0 Å². The Morgan fingerprint density at radius 1 is 1.22 bits per heavy atom. The number of pyridine rings is 1. The number of nitrogens with zero attached hydrogens (tertiary/aromatic N) is 3. The summed E-state index contributed by atoms with van der Waals surface area (Å²) in [5.74, 6) is 1.50. The van der Waals surface area contributed by atoms with Crippen molar-refractivity contribution >= 4 is 34.8 Å². The molecule has 1 aliphatic heterocycles. The van der Waals surface area contributed by atoms with E-state index in [-0.39, 0.29) is 0 Å². The minimum absolute atomic E-state index is 0.554. The third-order valence-corrected chi connectivity index (χ3v) is 3.83. The Balaban J connectivity index is 2.18. The number of hydrogen-bond donors (Lipinski definition) is 1. The van der Waals surface area contributed by atoms with Gasteiger partial charge in [0.25, 0.3) is 0 Å². The maximum Gasteiger partial charge on any atom is 0.150 e. The van der Waals surface area contributed by atoms with Crippen molar-refractivity contribution in [3.8, 4) is 0 Å². The van der Waals surface area contributed by atoms with E-state index in [1.807, 2.05) is 0 Å². The molecule has 1 aromatic heterocycles. The first-order valence-electron chi connectivity index (χ1n) is 6.16. The van der Waals surface area contributed by atoms with E-state index in [0.29, 0.717) is 15.9 Å². The molecule has 0 atom stereocenters. The molecule has 0 aliphatic carbocycles. The van der Waals surface area contributed by atoms with Crippen LogP contribution < -0.4 is 10.2 Å². The number of aromatic nitrogens is 1. The molecule has 0 radical (unpaired) electrons. The fourth-order valence-electron chi connectivity index (χ4n) is 2.13. The number of likely N-dealkylation sites (N-methyl/N-ethyl adjacent to an activating group) is 1. The van der Waals surface area contributed by atoms with Gasteiger partial charge in [0.05, 0.1) is 10.0 Å². The highest BCUT2D eigenvalue weighted by molar-refractivity contribution is 6.37. The van der Waals surface area contributed by atoms with Crippen LogP contribution in [0, 0.1) is 0 Å². The van der Waals surface area contributed by atoms with Crippen LogP contribution in [-0.2, 0) is 0 Å². The van der Waals surface area contributed by atoms with Gasteiger partial charge in [-0.2, -0.15) is 0 Å². The molecule has 1 saturated heterocycles. The van der Waals surface area contributed by atoms with E-state index >= 15 is 0 Å². The van der Waals surface area contributed by atoms with Crippen LogP contribution in [-0.4, -0.2) is 49.7 Å². The lowest BCUT2D eigenvalue weighted by atomic mass is 10.3. The van der Waals surface area contributed by atoms with Crippen molar-refractivity contribution in [2.45, 2.75) is 6.92 Å².